The van der Waals surface area contributed by atoms with Crippen LogP contribution in [0.5, 0.6) is 0 Å². The number of halogens is 1. The highest BCUT2D eigenvalue weighted by Crippen LogP contribution is 2.09. The largest absolute Gasteiger partial charge is 0.356 e. The molecule has 138 valence electrons. The number of aryl methyl sites for hydroxylation is 2. The van der Waals surface area contributed by atoms with E-state index in [2.05, 4.69) is 25.6 Å². The Kier molecular flexibility index (Phi) is 9.73. The number of guanidine groups is 1. The summed E-state index contributed by atoms with van der Waals surface area (Å²) in [5.74, 6) is 0.859. The van der Waals surface area contributed by atoms with Gasteiger partial charge in [0, 0.05) is 44.8 Å². The van der Waals surface area contributed by atoms with Crippen LogP contribution < -0.4 is 10.9 Å². The molecule has 0 unspecified atom stereocenters. The minimum absolute atomic E-state index is 0. The zero-order valence-electron chi connectivity index (χ0n) is 14.9. The number of aromatic nitrogens is 2. The molecule has 2 aromatic heterocycles. The standard InChI is InChI=1S/C17H25N5OS.HI/c1-14-20-15(13-24-14)12-21(3)17(18-2)19-9-5-7-11-22-10-6-4-8-16(22)23;/h4,6,8,10,13H,5,7,9,11-12H2,1-3H3,(H,18,19);1H. The van der Waals surface area contributed by atoms with Gasteiger partial charge >= 0.3 is 0 Å². The normalized spacial score (nSPS) is 11.1. The summed E-state index contributed by atoms with van der Waals surface area (Å²) in [7, 11) is 3.79. The van der Waals surface area contributed by atoms with Crippen molar-refractivity contribution in [2.75, 3.05) is 20.6 Å². The lowest BCUT2D eigenvalue weighted by Crippen LogP contribution is -2.39. The molecule has 0 saturated carbocycles. The van der Waals surface area contributed by atoms with Gasteiger partial charge in [0.25, 0.3) is 0 Å². The third-order valence-corrected chi connectivity index (χ3v) is 4.47. The maximum atomic E-state index is 11.6. The second kappa shape index (κ2) is 11.2. The lowest BCUT2D eigenvalue weighted by atomic mass is 10.3. The van der Waals surface area contributed by atoms with E-state index in [4.69, 9.17) is 0 Å². The minimum atomic E-state index is 0. The van der Waals surface area contributed by atoms with Gasteiger partial charge in [-0.2, -0.15) is 0 Å². The number of hydrogen-bond acceptors (Lipinski definition) is 4. The van der Waals surface area contributed by atoms with Crippen molar-refractivity contribution >= 4 is 41.3 Å². The number of thiazole rings is 1. The van der Waals surface area contributed by atoms with Crippen LogP contribution in [0.25, 0.3) is 0 Å². The van der Waals surface area contributed by atoms with Crippen LogP contribution in [0.1, 0.15) is 23.5 Å². The number of rotatable bonds is 7. The van der Waals surface area contributed by atoms with Gasteiger partial charge in [-0.05, 0) is 25.8 Å². The molecule has 0 amide bonds. The molecule has 0 bridgehead atoms. The van der Waals surface area contributed by atoms with Crippen molar-refractivity contribution in [1.82, 2.24) is 19.8 Å². The van der Waals surface area contributed by atoms with Crippen molar-refractivity contribution in [1.29, 1.82) is 0 Å². The Hall–Kier alpha value is -1.42. The second-order valence-corrected chi connectivity index (χ2v) is 6.69. The van der Waals surface area contributed by atoms with Gasteiger partial charge in [0.05, 0.1) is 17.2 Å². The molecule has 0 atom stereocenters. The van der Waals surface area contributed by atoms with Crippen molar-refractivity contribution in [3.63, 3.8) is 0 Å². The van der Waals surface area contributed by atoms with E-state index in [1.54, 1.807) is 35.1 Å². The highest BCUT2D eigenvalue weighted by Gasteiger charge is 2.08. The van der Waals surface area contributed by atoms with E-state index in [-0.39, 0.29) is 29.5 Å². The Balaban J connectivity index is 0.00000312. The molecule has 8 heteroatoms. The number of unbranched alkanes of at least 4 members (excludes halogenated alkanes) is 1. The van der Waals surface area contributed by atoms with Crippen LogP contribution in [-0.2, 0) is 13.1 Å². The molecule has 1 N–H and O–H groups in total. The van der Waals surface area contributed by atoms with E-state index in [0.717, 1.165) is 49.1 Å². The monoisotopic (exact) mass is 475 g/mol. The van der Waals surface area contributed by atoms with Crippen molar-refractivity contribution in [2.24, 2.45) is 4.99 Å². The summed E-state index contributed by atoms with van der Waals surface area (Å²) in [6.07, 6.45) is 3.76. The summed E-state index contributed by atoms with van der Waals surface area (Å²) in [4.78, 5) is 22.5. The fraction of sp³-hybridized carbons (Fsp3) is 0.471. The summed E-state index contributed by atoms with van der Waals surface area (Å²) in [6.45, 7) is 4.32. The Morgan fingerprint density at radius 1 is 1.40 bits per heavy atom. The predicted molar refractivity (Wildman–Crippen MR) is 115 cm³/mol. The molecule has 0 aliphatic carbocycles. The third-order valence-electron chi connectivity index (χ3n) is 3.65. The Bertz CT molecular complexity index is 728. The van der Waals surface area contributed by atoms with Gasteiger partial charge < -0.3 is 14.8 Å². The first-order valence-electron chi connectivity index (χ1n) is 8.08. The van der Waals surface area contributed by atoms with Gasteiger partial charge in [0.1, 0.15) is 0 Å². The van der Waals surface area contributed by atoms with Gasteiger partial charge in [-0.3, -0.25) is 9.79 Å². The topological polar surface area (TPSA) is 62.5 Å². The summed E-state index contributed by atoms with van der Waals surface area (Å²) in [6, 6.07) is 5.25. The second-order valence-electron chi connectivity index (χ2n) is 5.63. The number of hydrogen-bond donors (Lipinski definition) is 1. The van der Waals surface area contributed by atoms with Crippen LogP contribution in [0.3, 0.4) is 0 Å². The van der Waals surface area contributed by atoms with E-state index in [1.807, 2.05) is 26.2 Å². The first-order chi connectivity index (χ1) is 11.6. The molecule has 0 aliphatic heterocycles. The summed E-state index contributed by atoms with van der Waals surface area (Å²) in [5.41, 5.74) is 1.12. The highest BCUT2D eigenvalue weighted by atomic mass is 127. The average Bonchev–Trinajstić information content (AvgIpc) is 2.97. The number of nitrogens with one attached hydrogen (secondary N) is 1. The van der Waals surface area contributed by atoms with Gasteiger partial charge in [-0.15, -0.1) is 35.3 Å². The van der Waals surface area contributed by atoms with E-state index < -0.39 is 0 Å². The Labute approximate surface area is 170 Å². The highest BCUT2D eigenvalue weighted by molar-refractivity contribution is 14.0. The smallest absolute Gasteiger partial charge is 0.250 e. The van der Waals surface area contributed by atoms with E-state index in [9.17, 15) is 4.79 Å². The average molecular weight is 475 g/mol. The van der Waals surface area contributed by atoms with Crippen LogP contribution in [-0.4, -0.2) is 41.1 Å². The van der Waals surface area contributed by atoms with Crippen molar-refractivity contribution in [2.45, 2.75) is 32.9 Å². The lowest BCUT2D eigenvalue weighted by Gasteiger charge is -2.21. The molecule has 0 aromatic carbocycles. The number of nitrogens with zero attached hydrogens (tertiary/aromatic N) is 4. The molecule has 0 saturated heterocycles. The van der Waals surface area contributed by atoms with Gasteiger partial charge in [0.15, 0.2) is 5.96 Å². The first-order valence-corrected chi connectivity index (χ1v) is 8.96. The molecule has 6 nitrogen and oxygen atoms in total. The van der Waals surface area contributed by atoms with Crippen molar-refractivity contribution in [3.05, 3.63) is 50.8 Å². The fourth-order valence-electron chi connectivity index (χ4n) is 2.44. The zero-order chi connectivity index (χ0) is 17.4. The Morgan fingerprint density at radius 2 is 2.20 bits per heavy atom. The van der Waals surface area contributed by atoms with Crippen LogP contribution in [0.2, 0.25) is 0 Å². The molecular formula is C17H26IN5OS. The molecule has 2 heterocycles. The molecule has 0 spiro atoms. The van der Waals surface area contributed by atoms with E-state index in [0.29, 0.717) is 0 Å². The van der Waals surface area contributed by atoms with Crippen molar-refractivity contribution < 1.29 is 0 Å². The third kappa shape index (κ3) is 7.15. The van der Waals surface area contributed by atoms with E-state index in [1.165, 1.54) is 0 Å². The molecule has 0 aliphatic rings. The number of aliphatic imine (C=N–C) groups is 1. The van der Waals surface area contributed by atoms with Crippen LogP contribution in [0.4, 0.5) is 0 Å². The number of pyridine rings is 1. The molecule has 2 rings (SSSR count). The van der Waals surface area contributed by atoms with Crippen LogP contribution >= 0.6 is 35.3 Å². The SMILES string of the molecule is CN=C(NCCCCn1ccccc1=O)N(C)Cc1csc(C)n1.I. The maximum absolute atomic E-state index is 11.6. The quantitative estimate of drug-likeness (QED) is 0.290. The minimum Gasteiger partial charge on any atom is -0.356 e. The van der Waals surface area contributed by atoms with Crippen LogP contribution in [0, 0.1) is 6.92 Å². The molecule has 0 fully saturated rings. The van der Waals surface area contributed by atoms with Gasteiger partial charge in [-0.25, -0.2) is 4.98 Å². The molecular weight excluding hydrogens is 449 g/mol. The Morgan fingerprint density at radius 3 is 2.84 bits per heavy atom. The van der Waals surface area contributed by atoms with Crippen molar-refractivity contribution in [3.8, 4) is 0 Å². The lowest BCUT2D eigenvalue weighted by molar-refractivity contribution is 0.467. The maximum Gasteiger partial charge on any atom is 0.250 e. The first kappa shape index (κ1) is 21.6. The van der Waals surface area contributed by atoms with Gasteiger partial charge in [0.2, 0.25) is 5.56 Å². The predicted octanol–water partition coefficient (Wildman–Crippen LogP) is 2.72. The van der Waals surface area contributed by atoms with E-state index >= 15 is 0 Å². The molecule has 25 heavy (non-hydrogen) atoms. The summed E-state index contributed by atoms with van der Waals surface area (Å²) < 4.78 is 1.74. The molecule has 0 radical (unpaired) electrons. The zero-order valence-corrected chi connectivity index (χ0v) is 18.1. The summed E-state index contributed by atoms with van der Waals surface area (Å²) in [5, 5.41) is 6.52. The molecule has 2 aromatic rings. The summed E-state index contributed by atoms with van der Waals surface area (Å²) >= 11 is 1.66. The van der Waals surface area contributed by atoms with Gasteiger partial charge in [-0.1, -0.05) is 6.07 Å². The van der Waals surface area contributed by atoms with Crippen LogP contribution in [0.15, 0.2) is 39.6 Å². The fourth-order valence-corrected chi connectivity index (χ4v) is 3.04.